The summed E-state index contributed by atoms with van der Waals surface area (Å²) in [5.41, 5.74) is 0. The summed E-state index contributed by atoms with van der Waals surface area (Å²) in [5.74, 6) is -0.100. The lowest BCUT2D eigenvalue weighted by Crippen LogP contribution is -2.43. The summed E-state index contributed by atoms with van der Waals surface area (Å²) >= 11 is 0. The van der Waals surface area contributed by atoms with Gasteiger partial charge in [-0.05, 0) is 6.92 Å². The fourth-order valence-electron chi connectivity index (χ4n) is 0.921. The summed E-state index contributed by atoms with van der Waals surface area (Å²) in [5, 5.41) is 8.59. The highest BCUT2D eigenvalue weighted by molar-refractivity contribution is 6.60. The number of nitriles is 1. The van der Waals surface area contributed by atoms with Gasteiger partial charge >= 0.3 is 8.80 Å². The molecule has 0 bridgehead atoms. The maximum Gasteiger partial charge on any atom is 0.501 e. The van der Waals surface area contributed by atoms with Gasteiger partial charge in [0, 0.05) is 33.3 Å². The van der Waals surface area contributed by atoms with Crippen molar-refractivity contribution in [3.8, 4) is 6.07 Å². The van der Waals surface area contributed by atoms with Crippen LogP contribution in [0.25, 0.3) is 0 Å². The lowest BCUT2D eigenvalue weighted by molar-refractivity contribution is 0.121. The van der Waals surface area contributed by atoms with E-state index in [2.05, 4.69) is 6.07 Å². The minimum atomic E-state index is -2.52. The second-order valence-electron chi connectivity index (χ2n) is 2.53. The van der Waals surface area contributed by atoms with E-state index in [0.717, 1.165) is 0 Å². The topological polar surface area (TPSA) is 51.5 Å². The van der Waals surface area contributed by atoms with Crippen LogP contribution in [0.3, 0.4) is 0 Å². The molecule has 0 radical (unpaired) electrons. The van der Waals surface area contributed by atoms with E-state index in [4.69, 9.17) is 18.5 Å². The number of nitrogens with zero attached hydrogens (tertiary/aromatic N) is 1. The molecule has 12 heavy (non-hydrogen) atoms. The maximum atomic E-state index is 8.59. The lowest BCUT2D eigenvalue weighted by atomic mass is 10.3. The quantitative estimate of drug-likeness (QED) is 0.606. The fourth-order valence-corrected chi connectivity index (χ4v) is 2.76. The summed E-state index contributed by atoms with van der Waals surface area (Å²) < 4.78 is 15.5. The molecule has 0 aliphatic heterocycles. The van der Waals surface area contributed by atoms with E-state index in [-0.39, 0.29) is 5.92 Å². The van der Waals surface area contributed by atoms with Crippen LogP contribution in [-0.4, -0.2) is 30.1 Å². The Morgan fingerprint density at radius 3 is 1.92 bits per heavy atom. The van der Waals surface area contributed by atoms with E-state index in [1.165, 1.54) is 0 Å². The molecule has 1 atom stereocenters. The average Bonchev–Trinajstić information content (AvgIpc) is 2.14. The summed E-state index contributed by atoms with van der Waals surface area (Å²) in [6.45, 7) is 1.82. The van der Waals surface area contributed by atoms with Gasteiger partial charge in [-0.15, -0.1) is 0 Å². The highest BCUT2D eigenvalue weighted by atomic mass is 28.4. The van der Waals surface area contributed by atoms with Crippen LogP contribution in [-0.2, 0) is 13.3 Å². The summed E-state index contributed by atoms with van der Waals surface area (Å²) in [6.07, 6.45) is 0. The van der Waals surface area contributed by atoms with Crippen molar-refractivity contribution in [1.82, 2.24) is 0 Å². The predicted molar refractivity (Wildman–Crippen MR) is 46.4 cm³/mol. The molecule has 1 unspecified atom stereocenters. The second-order valence-corrected chi connectivity index (χ2v) is 5.53. The smallest absolute Gasteiger partial charge is 0.377 e. The molecule has 70 valence electrons. The largest absolute Gasteiger partial charge is 0.501 e. The van der Waals surface area contributed by atoms with Crippen molar-refractivity contribution in [1.29, 1.82) is 5.26 Å². The molecule has 0 saturated carbocycles. The Morgan fingerprint density at radius 2 is 1.67 bits per heavy atom. The van der Waals surface area contributed by atoms with Crippen LogP contribution in [0.5, 0.6) is 0 Å². The Hall–Kier alpha value is -0.413. The van der Waals surface area contributed by atoms with Gasteiger partial charge in [-0.1, -0.05) is 0 Å². The highest BCUT2D eigenvalue weighted by Gasteiger charge is 2.39. The van der Waals surface area contributed by atoms with Gasteiger partial charge in [0.1, 0.15) is 0 Å². The van der Waals surface area contributed by atoms with E-state index in [0.29, 0.717) is 6.04 Å². The zero-order valence-corrected chi connectivity index (χ0v) is 8.96. The molecular weight excluding hydrogens is 174 g/mol. The van der Waals surface area contributed by atoms with E-state index < -0.39 is 8.80 Å². The summed E-state index contributed by atoms with van der Waals surface area (Å²) in [4.78, 5) is 0. The van der Waals surface area contributed by atoms with Crippen LogP contribution in [0.2, 0.25) is 6.04 Å². The van der Waals surface area contributed by atoms with Gasteiger partial charge in [0.15, 0.2) is 0 Å². The molecule has 5 heteroatoms. The second kappa shape index (κ2) is 5.27. The van der Waals surface area contributed by atoms with E-state index >= 15 is 0 Å². The molecule has 0 aliphatic rings. The third-order valence-corrected chi connectivity index (χ3v) is 4.69. The van der Waals surface area contributed by atoms with E-state index in [9.17, 15) is 0 Å². The number of hydrogen-bond acceptors (Lipinski definition) is 4. The van der Waals surface area contributed by atoms with Gasteiger partial charge in [-0.3, -0.25) is 0 Å². The molecule has 0 fully saturated rings. The van der Waals surface area contributed by atoms with Crippen molar-refractivity contribution >= 4 is 8.80 Å². The Bertz CT molecular complexity index is 156. The molecule has 0 aromatic heterocycles. The molecule has 0 saturated heterocycles. The predicted octanol–water partition coefficient (Wildman–Crippen LogP) is 1.02. The molecule has 0 rings (SSSR count). The average molecular weight is 189 g/mol. The highest BCUT2D eigenvalue weighted by Crippen LogP contribution is 2.18. The lowest BCUT2D eigenvalue weighted by Gasteiger charge is -2.24. The van der Waals surface area contributed by atoms with Crippen LogP contribution in [0, 0.1) is 17.2 Å². The molecule has 0 spiro atoms. The van der Waals surface area contributed by atoms with Crippen LogP contribution in [0.15, 0.2) is 0 Å². The van der Waals surface area contributed by atoms with E-state index in [1.54, 1.807) is 21.3 Å². The van der Waals surface area contributed by atoms with Gasteiger partial charge in [0.2, 0.25) is 0 Å². The van der Waals surface area contributed by atoms with E-state index in [1.807, 2.05) is 6.92 Å². The Labute approximate surface area is 74.4 Å². The first-order valence-electron chi connectivity index (χ1n) is 3.69. The molecule has 0 aliphatic carbocycles. The monoisotopic (exact) mass is 189 g/mol. The molecule has 4 nitrogen and oxygen atoms in total. The zero-order chi connectivity index (χ0) is 9.61. The molecule has 0 N–H and O–H groups in total. The SMILES string of the molecule is CO[Si](CC(C)C#N)(OC)OC. The van der Waals surface area contributed by atoms with Crippen LogP contribution < -0.4 is 0 Å². The van der Waals surface area contributed by atoms with Crippen molar-refractivity contribution in [2.75, 3.05) is 21.3 Å². The normalized spacial score (nSPS) is 13.9. The third-order valence-electron chi connectivity index (χ3n) is 1.71. The van der Waals surface area contributed by atoms with Crippen LogP contribution in [0.4, 0.5) is 0 Å². The Balaban J connectivity index is 4.22. The number of rotatable bonds is 5. The molecule has 0 aromatic carbocycles. The first kappa shape index (κ1) is 11.6. The van der Waals surface area contributed by atoms with Gasteiger partial charge in [0.05, 0.1) is 6.07 Å². The van der Waals surface area contributed by atoms with Crippen molar-refractivity contribution < 1.29 is 13.3 Å². The van der Waals surface area contributed by atoms with Gasteiger partial charge < -0.3 is 13.3 Å². The van der Waals surface area contributed by atoms with Crippen molar-refractivity contribution in [2.45, 2.75) is 13.0 Å². The minimum Gasteiger partial charge on any atom is -0.377 e. The number of hydrogen-bond donors (Lipinski definition) is 0. The van der Waals surface area contributed by atoms with Crippen LogP contribution in [0.1, 0.15) is 6.92 Å². The van der Waals surface area contributed by atoms with Crippen molar-refractivity contribution in [2.24, 2.45) is 5.92 Å². The van der Waals surface area contributed by atoms with Gasteiger partial charge in [-0.25, -0.2) is 0 Å². The zero-order valence-electron chi connectivity index (χ0n) is 7.96. The molecular formula is C7H15NO3Si. The fraction of sp³-hybridized carbons (Fsp3) is 0.857. The standard InChI is InChI=1S/C7H15NO3Si/c1-7(5-8)6-12(9-2,10-3)11-4/h7H,6H2,1-4H3. The van der Waals surface area contributed by atoms with Crippen molar-refractivity contribution in [3.63, 3.8) is 0 Å². The molecule has 0 aromatic rings. The third kappa shape index (κ3) is 2.91. The Morgan fingerprint density at radius 1 is 1.25 bits per heavy atom. The first-order chi connectivity index (χ1) is 5.64. The van der Waals surface area contributed by atoms with Crippen molar-refractivity contribution in [3.05, 3.63) is 0 Å². The van der Waals surface area contributed by atoms with Gasteiger partial charge in [-0.2, -0.15) is 5.26 Å². The van der Waals surface area contributed by atoms with Gasteiger partial charge in [0.25, 0.3) is 0 Å². The summed E-state index contributed by atoms with van der Waals surface area (Å²) in [7, 11) is 2.11. The maximum absolute atomic E-state index is 8.59. The summed E-state index contributed by atoms with van der Waals surface area (Å²) in [6, 6.07) is 2.65. The molecule has 0 amide bonds. The Kier molecular flexibility index (Phi) is 5.09. The molecule has 0 heterocycles. The van der Waals surface area contributed by atoms with Crippen LogP contribution >= 0.6 is 0 Å². The minimum absolute atomic E-state index is 0.100. The first-order valence-corrected chi connectivity index (χ1v) is 5.62.